The van der Waals surface area contributed by atoms with Gasteiger partial charge in [0.2, 0.25) is 0 Å². The van der Waals surface area contributed by atoms with E-state index in [0.717, 1.165) is 37.4 Å². The van der Waals surface area contributed by atoms with Crippen LogP contribution in [0, 0.1) is 6.92 Å². The summed E-state index contributed by atoms with van der Waals surface area (Å²) >= 11 is 0. The van der Waals surface area contributed by atoms with Crippen LogP contribution in [0.2, 0.25) is 0 Å². The summed E-state index contributed by atoms with van der Waals surface area (Å²) in [6.45, 7) is 4.52. The molecule has 1 radical (unpaired) electrons. The third kappa shape index (κ3) is 3.29. The minimum absolute atomic E-state index is 0.732. The minimum Gasteiger partial charge on any atom is -0.493 e. The third-order valence-corrected chi connectivity index (χ3v) is 1.97. The average molecular weight is 193 g/mol. The molecular weight excluding hydrogens is 176 g/mol. The standard InChI is InChI=1S/C12H17O2/c1-3-4-7-10-14-12-9-6-5-8-11(12)13-2/h5-6,8-9H,1,3-4,7,10H2,2H3. The lowest BCUT2D eigenvalue weighted by Gasteiger charge is -2.09. The van der Waals surface area contributed by atoms with Gasteiger partial charge in [0.05, 0.1) is 13.7 Å². The molecule has 0 aliphatic rings. The van der Waals surface area contributed by atoms with Crippen molar-refractivity contribution in [3.63, 3.8) is 0 Å². The Kier molecular flexibility index (Phi) is 4.90. The van der Waals surface area contributed by atoms with Crippen LogP contribution in [0.1, 0.15) is 19.3 Å². The molecule has 77 valence electrons. The van der Waals surface area contributed by atoms with Gasteiger partial charge in [-0.15, -0.1) is 0 Å². The van der Waals surface area contributed by atoms with Crippen molar-refractivity contribution < 1.29 is 9.47 Å². The molecule has 0 bridgehead atoms. The van der Waals surface area contributed by atoms with E-state index in [0.29, 0.717) is 0 Å². The Balaban J connectivity index is 2.41. The van der Waals surface area contributed by atoms with E-state index in [-0.39, 0.29) is 0 Å². The second-order valence-electron chi connectivity index (χ2n) is 3.06. The van der Waals surface area contributed by atoms with Crippen molar-refractivity contribution in [2.45, 2.75) is 19.3 Å². The van der Waals surface area contributed by atoms with Gasteiger partial charge < -0.3 is 9.47 Å². The van der Waals surface area contributed by atoms with Crippen LogP contribution in [-0.2, 0) is 0 Å². The zero-order valence-corrected chi connectivity index (χ0v) is 8.66. The number of hydrogen-bond donors (Lipinski definition) is 0. The highest BCUT2D eigenvalue weighted by atomic mass is 16.5. The number of ether oxygens (including phenoxy) is 2. The van der Waals surface area contributed by atoms with E-state index in [1.165, 1.54) is 0 Å². The molecule has 0 saturated carbocycles. The van der Waals surface area contributed by atoms with Crippen molar-refractivity contribution in [3.8, 4) is 11.5 Å². The molecular formula is C12H17O2. The summed E-state index contributed by atoms with van der Waals surface area (Å²) in [6.07, 6.45) is 3.12. The van der Waals surface area contributed by atoms with Crippen molar-refractivity contribution >= 4 is 0 Å². The molecule has 1 aromatic rings. The Morgan fingerprint density at radius 1 is 1.14 bits per heavy atom. The van der Waals surface area contributed by atoms with E-state index < -0.39 is 0 Å². The molecule has 1 rings (SSSR count). The maximum absolute atomic E-state index is 5.58. The fourth-order valence-electron chi connectivity index (χ4n) is 1.20. The predicted octanol–water partition coefficient (Wildman–Crippen LogP) is 3.08. The first-order valence-electron chi connectivity index (χ1n) is 4.93. The molecule has 2 heteroatoms. The fraction of sp³-hybridized carbons (Fsp3) is 0.417. The summed E-state index contributed by atoms with van der Waals surface area (Å²) in [4.78, 5) is 0. The van der Waals surface area contributed by atoms with Crippen molar-refractivity contribution in [3.05, 3.63) is 31.2 Å². The molecule has 0 atom stereocenters. The first kappa shape index (κ1) is 10.9. The first-order valence-corrected chi connectivity index (χ1v) is 4.93. The maximum atomic E-state index is 5.58. The monoisotopic (exact) mass is 193 g/mol. The summed E-state index contributed by atoms with van der Waals surface area (Å²) < 4.78 is 10.7. The van der Waals surface area contributed by atoms with Gasteiger partial charge in [0.15, 0.2) is 11.5 Å². The summed E-state index contributed by atoms with van der Waals surface area (Å²) in [7, 11) is 1.65. The number of unbranched alkanes of at least 4 members (excludes halogenated alkanes) is 2. The van der Waals surface area contributed by atoms with E-state index in [2.05, 4.69) is 6.92 Å². The zero-order chi connectivity index (χ0) is 10.2. The third-order valence-electron chi connectivity index (χ3n) is 1.97. The van der Waals surface area contributed by atoms with Crippen LogP contribution in [0.4, 0.5) is 0 Å². The van der Waals surface area contributed by atoms with Gasteiger partial charge in [0.25, 0.3) is 0 Å². The van der Waals surface area contributed by atoms with Gasteiger partial charge >= 0.3 is 0 Å². The lowest BCUT2D eigenvalue weighted by atomic mass is 10.2. The van der Waals surface area contributed by atoms with Crippen molar-refractivity contribution in [2.24, 2.45) is 0 Å². The number of rotatable bonds is 6. The fourth-order valence-corrected chi connectivity index (χ4v) is 1.20. The van der Waals surface area contributed by atoms with Gasteiger partial charge in [-0.3, -0.25) is 0 Å². The molecule has 0 N–H and O–H groups in total. The highest BCUT2D eigenvalue weighted by Crippen LogP contribution is 2.25. The summed E-state index contributed by atoms with van der Waals surface area (Å²) in [5.74, 6) is 1.61. The van der Waals surface area contributed by atoms with Gasteiger partial charge in [-0.05, 0) is 18.6 Å². The van der Waals surface area contributed by atoms with Crippen LogP contribution >= 0.6 is 0 Å². The van der Waals surface area contributed by atoms with Crippen molar-refractivity contribution in [1.29, 1.82) is 0 Å². The second kappa shape index (κ2) is 6.30. The minimum atomic E-state index is 0.732. The molecule has 1 aromatic carbocycles. The van der Waals surface area contributed by atoms with Gasteiger partial charge in [0.1, 0.15) is 0 Å². The highest BCUT2D eigenvalue weighted by Gasteiger charge is 2.00. The lowest BCUT2D eigenvalue weighted by Crippen LogP contribution is -1.98. The molecule has 0 fully saturated rings. The lowest BCUT2D eigenvalue weighted by molar-refractivity contribution is 0.287. The zero-order valence-electron chi connectivity index (χ0n) is 8.66. The first-order chi connectivity index (χ1) is 6.88. The largest absolute Gasteiger partial charge is 0.493 e. The number of methoxy groups -OCH3 is 1. The van der Waals surface area contributed by atoms with Crippen molar-refractivity contribution in [1.82, 2.24) is 0 Å². The molecule has 14 heavy (non-hydrogen) atoms. The Morgan fingerprint density at radius 3 is 2.50 bits per heavy atom. The van der Waals surface area contributed by atoms with Crippen LogP contribution in [0.25, 0.3) is 0 Å². The molecule has 0 saturated heterocycles. The average Bonchev–Trinajstić information content (AvgIpc) is 2.25. The van der Waals surface area contributed by atoms with E-state index in [4.69, 9.17) is 9.47 Å². The quantitative estimate of drug-likeness (QED) is 0.646. The Labute approximate surface area is 85.8 Å². The molecule has 0 spiro atoms. The predicted molar refractivity (Wildman–Crippen MR) is 57.7 cm³/mol. The Bertz CT molecular complexity index is 258. The topological polar surface area (TPSA) is 18.5 Å². The SMILES string of the molecule is [CH2]CCCCOc1ccccc1OC. The van der Waals surface area contributed by atoms with E-state index in [1.54, 1.807) is 7.11 Å². The molecule has 0 amide bonds. The number of hydrogen-bond acceptors (Lipinski definition) is 2. The van der Waals surface area contributed by atoms with Gasteiger partial charge in [-0.25, -0.2) is 0 Å². The van der Waals surface area contributed by atoms with Gasteiger partial charge in [-0.2, -0.15) is 0 Å². The number of benzene rings is 1. The van der Waals surface area contributed by atoms with Crippen LogP contribution in [0.5, 0.6) is 11.5 Å². The highest BCUT2D eigenvalue weighted by molar-refractivity contribution is 5.39. The molecule has 0 aliphatic heterocycles. The molecule has 0 heterocycles. The van der Waals surface area contributed by atoms with Crippen LogP contribution < -0.4 is 9.47 Å². The van der Waals surface area contributed by atoms with Gasteiger partial charge in [-0.1, -0.05) is 31.9 Å². The normalized spacial score (nSPS) is 9.86. The van der Waals surface area contributed by atoms with Crippen LogP contribution in [0.3, 0.4) is 0 Å². The summed E-state index contributed by atoms with van der Waals surface area (Å²) in [5, 5.41) is 0. The van der Waals surface area contributed by atoms with E-state index in [1.807, 2.05) is 24.3 Å². The van der Waals surface area contributed by atoms with Crippen molar-refractivity contribution in [2.75, 3.05) is 13.7 Å². The Hall–Kier alpha value is -1.18. The number of para-hydroxylation sites is 2. The molecule has 0 aromatic heterocycles. The second-order valence-corrected chi connectivity index (χ2v) is 3.06. The van der Waals surface area contributed by atoms with E-state index in [9.17, 15) is 0 Å². The van der Waals surface area contributed by atoms with Crippen LogP contribution in [-0.4, -0.2) is 13.7 Å². The Morgan fingerprint density at radius 2 is 1.86 bits per heavy atom. The smallest absolute Gasteiger partial charge is 0.161 e. The molecule has 2 nitrogen and oxygen atoms in total. The van der Waals surface area contributed by atoms with E-state index >= 15 is 0 Å². The summed E-state index contributed by atoms with van der Waals surface area (Å²) in [6, 6.07) is 7.70. The summed E-state index contributed by atoms with van der Waals surface area (Å²) in [5.41, 5.74) is 0. The van der Waals surface area contributed by atoms with Crippen LogP contribution in [0.15, 0.2) is 24.3 Å². The maximum Gasteiger partial charge on any atom is 0.161 e. The van der Waals surface area contributed by atoms with Gasteiger partial charge in [0, 0.05) is 0 Å². The molecule has 0 unspecified atom stereocenters. The molecule has 0 aliphatic carbocycles.